The van der Waals surface area contributed by atoms with E-state index in [1.165, 1.54) is 0 Å². The van der Waals surface area contributed by atoms with Crippen LogP contribution < -0.4 is 0 Å². The minimum atomic E-state index is -0.929. The predicted molar refractivity (Wildman–Crippen MR) is 174 cm³/mol. The van der Waals surface area contributed by atoms with E-state index >= 15 is 0 Å². The van der Waals surface area contributed by atoms with Crippen molar-refractivity contribution >= 4 is 77.9 Å². The minimum absolute atomic E-state index is 0.0881. The largest absolute Gasteiger partial charge is 0.465 e. The van der Waals surface area contributed by atoms with Crippen molar-refractivity contribution in [1.82, 2.24) is 0 Å². The van der Waals surface area contributed by atoms with Crippen LogP contribution >= 0.6 is 36.2 Å². The summed E-state index contributed by atoms with van der Waals surface area (Å²) in [6.07, 6.45) is 4.13. The summed E-state index contributed by atoms with van der Waals surface area (Å²) in [7, 11) is 0. The summed E-state index contributed by atoms with van der Waals surface area (Å²) < 4.78 is 26.5. The monoisotopic (exact) mass is 726 g/mol. The zero-order valence-electron chi connectivity index (χ0n) is 26.8. The van der Waals surface area contributed by atoms with Gasteiger partial charge in [-0.25, -0.2) is 0 Å². The van der Waals surface area contributed by atoms with Crippen LogP contribution in [0.15, 0.2) is 0 Å². The zero-order chi connectivity index (χ0) is 34.2. The number of fused-ring (bicyclic) bond motifs is 10. The maximum absolute atomic E-state index is 12.8. The number of carbonyl (C=O) groups is 7. The van der Waals surface area contributed by atoms with Gasteiger partial charge in [0.25, 0.3) is 0 Å². The molecule has 0 spiro atoms. The topological polar surface area (TPSA) is 166 Å². The fourth-order valence-corrected chi connectivity index (χ4v) is 12.0. The van der Waals surface area contributed by atoms with Crippen LogP contribution in [0.25, 0.3) is 0 Å². The summed E-state index contributed by atoms with van der Waals surface area (Å²) in [4.78, 5) is 86.1. The highest BCUT2D eigenvalue weighted by Crippen LogP contribution is 2.59. The fourth-order valence-electron chi connectivity index (χ4n) is 8.80. The standard InChI is InChI=1S/C33H42O12S3/c1-2-33(13-41-22(34)3-6-46,14-42-23(35)4-7-47-20-11-16-9-18(20)27-25(16)29(37)44-31(27)39)15-43-24(36)5-8-48-21-12-17-10-19(21)28-26(17)30(38)45-32(28)40/h16-21,25-28,46H,2-15H2,1H3. The second-order valence-electron chi connectivity index (χ2n) is 14.0. The summed E-state index contributed by atoms with van der Waals surface area (Å²) in [5.41, 5.74) is -0.929. The van der Waals surface area contributed by atoms with E-state index in [1.54, 1.807) is 23.5 Å². The molecule has 0 aromatic carbocycles. The molecule has 0 N–H and O–H groups in total. The van der Waals surface area contributed by atoms with E-state index in [2.05, 4.69) is 12.6 Å². The molecule has 4 bridgehead atoms. The Morgan fingerprint density at radius 1 is 0.667 bits per heavy atom. The molecule has 0 radical (unpaired) electrons. The third kappa shape index (κ3) is 7.15. The number of hydrogen-bond donors (Lipinski definition) is 1. The summed E-state index contributed by atoms with van der Waals surface area (Å²) in [5, 5.41) is 0.371. The van der Waals surface area contributed by atoms with Crippen LogP contribution in [0.2, 0.25) is 0 Å². The third-order valence-corrected chi connectivity index (χ3v) is 14.4. The van der Waals surface area contributed by atoms with E-state index in [1.807, 2.05) is 6.92 Å². The van der Waals surface area contributed by atoms with E-state index in [4.69, 9.17) is 23.7 Å². The number of thioether (sulfide) groups is 2. The Balaban J connectivity index is 0.941. The molecule has 15 heteroatoms. The molecule has 0 aromatic rings. The number of esters is 7. The molecule has 6 aliphatic rings. The Morgan fingerprint density at radius 3 is 1.46 bits per heavy atom. The second kappa shape index (κ2) is 14.9. The van der Waals surface area contributed by atoms with E-state index in [9.17, 15) is 33.6 Å². The van der Waals surface area contributed by atoms with Gasteiger partial charge in [0.1, 0.15) is 19.8 Å². The van der Waals surface area contributed by atoms with Gasteiger partial charge in [-0.2, -0.15) is 36.2 Å². The van der Waals surface area contributed by atoms with Gasteiger partial charge in [0, 0.05) is 27.8 Å². The van der Waals surface area contributed by atoms with Gasteiger partial charge in [0.15, 0.2) is 0 Å². The van der Waals surface area contributed by atoms with Crippen LogP contribution in [0.1, 0.15) is 58.3 Å². The SMILES string of the molecule is CCC(COC(=O)CCS)(COC(=O)CCSC1CC2CC1C1C(=O)OC(=O)C21)COC(=O)CCSC1CC2CC1C1C(=O)OC(=O)C21. The average molecular weight is 727 g/mol. The first-order valence-corrected chi connectivity index (χ1v) is 19.6. The van der Waals surface area contributed by atoms with Crippen molar-refractivity contribution in [3.63, 3.8) is 0 Å². The Morgan fingerprint density at radius 2 is 1.06 bits per heavy atom. The Hall–Kier alpha value is -2.26. The van der Waals surface area contributed by atoms with E-state index in [-0.39, 0.29) is 96.9 Å². The van der Waals surface area contributed by atoms with Gasteiger partial charge in [0.05, 0.1) is 48.3 Å². The van der Waals surface area contributed by atoms with E-state index < -0.39 is 47.2 Å². The highest BCUT2D eigenvalue weighted by atomic mass is 32.2. The number of hydrogen-bond acceptors (Lipinski definition) is 15. The molecule has 4 saturated carbocycles. The Bertz CT molecular complexity index is 1250. The number of ether oxygens (including phenoxy) is 5. The molecule has 4 aliphatic carbocycles. The normalized spacial score (nSPS) is 35.2. The zero-order valence-corrected chi connectivity index (χ0v) is 29.4. The number of carbonyl (C=O) groups excluding carboxylic acids is 7. The van der Waals surface area contributed by atoms with Crippen molar-refractivity contribution in [3.8, 4) is 0 Å². The molecule has 12 nitrogen and oxygen atoms in total. The van der Waals surface area contributed by atoms with Crippen molar-refractivity contribution < 1.29 is 57.2 Å². The molecule has 10 atom stereocenters. The lowest BCUT2D eigenvalue weighted by molar-refractivity contribution is -0.162. The van der Waals surface area contributed by atoms with Crippen molar-refractivity contribution in [2.75, 3.05) is 37.1 Å². The minimum Gasteiger partial charge on any atom is -0.465 e. The van der Waals surface area contributed by atoms with Crippen molar-refractivity contribution in [1.29, 1.82) is 0 Å². The number of rotatable bonds is 17. The number of thiol groups is 1. The molecule has 6 rings (SSSR count). The van der Waals surface area contributed by atoms with Crippen LogP contribution in [-0.4, -0.2) is 89.4 Å². The number of cyclic esters (lactones) is 4. The lowest BCUT2D eigenvalue weighted by Crippen LogP contribution is -2.39. The van der Waals surface area contributed by atoms with Crippen molar-refractivity contribution in [2.24, 2.45) is 52.8 Å². The van der Waals surface area contributed by atoms with Crippen molar-refractivity contribution in [2.45, 2.75) is 68.8 Å². The van der Waals surface area contributed by atoms with Crippen LogP contribution in [0.5, 0.6) is 0 Å². The highest BCUT2D eigenvalue weighted by molar-refractivity contribution is 8.00. The molecule has 2 heterocycles. The quantitative estimate of drug-likeness (QED) is 0.101. The van der Waals surface area contributed by atoms with Crippen LogP contribution in [-0.2, 0) is 57.2 Å². The van der Waals surface area contributed by atoms with Gasteiger partial charge in [-0.3, -0.25) is 33.6 Å². The molecule has 2 saturated heterocycles. The van der Waals surface area contributed by atoms with Crippen LogP contribution in [0.4, 0.5) is 0 Å². The van der Waals surface area contributed by atoms with Gasteiger partial charge in [-0.1, -0.05) is 6.92 Å². The summed E-state index contributed by atoms with van der Waals surface area (Å²) in [6, 6.07) is 0. The fraction of sp³-hybridized carbons (Fsp3) is 0.788. The lowest BCUT2D eigenvalue weighted by atomic mass is 9.81. The average Bonchev–Trinajstić information content (AvgIpc) is 3.90. The first-order chi connectivity index (χ1) is 23.0. The molecular formula is C33H42O12S3. The summed E-state index contributed by atoms with van der Waals surface area (Å²) in [6.45, 7) is 1.56. The van der Waals surface area contributed by atoms with Crippen LogP contribution in [0, 0.1) is 52.8 Å². The molecule has 6 fully saturated rings. The smallest absolute Gasteiger partial charge is 0.317 e. The van der Waals surface area contributed by atoms with Crippen LogP contribution in [0.3, 0.4) is 0 Å². The van der Waals surface area contributed by atoms with Gasteiger partial charge in [-0.05, 0) is 55.8 Å². The Labute approximate surface area is 292 Å². The Kier molecular flexibility index (Phi) is 11.1. The first kappa shape index (κ1) is 35.6. The maximum atomic E-state index is 12.8. The second-order valence-corrected chi connectivity index (χ2v) is 17.1. The van der Waals surface area contributed by atoms with E-state index in [0.717, 1.165) is 25.7 Å². The van der Waals surface area contributed by atoms with Gasteiger partial charge >= 0.3 is 41.8 Å². The molecule has 264 valence electrons. The molecular weight excluding hydrogens is 685 g/mol. The van der Waals surface area contributed by atoms with E-state index in [0.29, 0.717) is 23.7 Å². The lowest BCUT2D eigenvalue weighted by Gasteiger charge is -2.31. The molecule has 48 heavy (non-hydrogen) atoms. The third-order valence-electron chi connectivity index (χ3n) is 11.3. The highest BCUT2D eigenvalue weighted by Gasteiger charge is 2.64. The molecule has 10 unspecified atom stereocenters. The predicted octanol–water partition coefficient (Wildman–Crippen LogP) is 3.03. The van der Waals surface area contributed by atoms with Gasteiger partial charge in [0.2, 0.25) is 0 Å². The molecule has 0 aromatic heterocycles. The van der Waals surface area contributed by atoms with Gasteiger partial charge < -0.3 is 23.7 Å². The molecule has 0 amide bonds. The summed E-state index contributed by atoms with van der Waals surface area (Å²) in [5.74, 6) is -2.44. The van der Waals surface area contributed by atoms with Gasteiger partial charge in [-0.15, -0.1) is 0 Å². The van der Waals surface area contributed by atoms with Crippen molar-refractivity contribution in [3.05, 3.63) is 0 Å². The summed E-state index contributed by atoms with van der Waals surface area (Å²) >= 11 is 7.32. The first-order valence-electron chi connectivity index (χ1n) is 16.9. The maximum Gasteiger partial charge on any atom is 0.317 e. The molecule has 2 aliphatic heterocycles.